The number of rotatable bonds is 4. The maximum Gasteiger partial charge on any atom is 0.312 e. The molecular formula is C12H14N2O4. The monoisotopic (exact) mass is 250 g/mol. The average Bonchev–Trinajstić information content (AvgIpc) is 2.89. The number of furan rings is 1. The Morgan fingerprint density at radius 2 is 1.94 bits per heavy atom. The molecule has 1 aliphatic heterocycles. The Morgan fingerprint density at radius 3 is 2.56 bits per heavy atom. The molecule has 2 heterocycles. The first-order valence-electron chi connectivity index (χ1n) is 5.78. The molecular weight excluding hydrogens is 236 g/mol. The summed E-state index contributed by atoms with van der Waals surface area (Å²) in [5.74, 6) is -1.27. The van der Waals surface area contributed by atoms with Crippen molar-refractivity contribution in [3.8, 4) is 0 Å². The van der Waals surface area contributed by atoms with E-state index >= 15 is 0 Å². The zero-order chi connectivity index (χ0) is 13.1. The number of amides is 2. The molecule has 0 radical (unpaired) electrons. The van der Waals surface area contributed by atoms with Gasteiger partial charge in [-0.25, -0.2) is 0 Å². The zero-order valence-corrected chi connectivity index (χ0v) is 10.1. The molecule has 0 N–H and O–H groups in total. The molecule has 2 amide bonds. The highest BCUT2D eigenvalue weighted by molar-refractivity contribution is 6.35. The van der Waals surface area contributed by atoms with Crippen LogP contribution < -0.4 is 0 Å². The van der Waals surface area contributed by atoms with Gasteiger partial charge in [-0.2, -0.15) is 0 Å². The van der Waals surface area contributed by atoms with Crippen molar-refractivity contribution < 1.29 is 18.8 Å². The van der Waals surface area contributed by atoms with Crippen LogP contribution in [0.15, 0.2) is 22.8 Å². The fraction of sp³-hybridized carbons (Fsp3) is 0.417. The summed E-state index contributed by atoms with van der Waals surface area (Å²) in [6, 6.07) is 3.14. The molecule has 2 rings (SSSR count). The molecule has 1 fully saturated rings. The number of carbonyl (C=O) groups excluding carboxylic acids is 3. The van der Waals surface area contributed by atoms with Crippen molar-refractivity contribution in [1.29, 1.82) is 0 Å². The van der Waals surface area contributed by atoms with Gasteiger partial charge < -0.3 is 14.2 Å². The van der Waals surface area contributed by atoms with Crippen LogP contribution in [0.2, 0.25) is 0 Å². The number of Topliss-reactive ketones (excluding diaryl/α,β-unsaturated/α-hetero) is 1. The van der Waals surface area contributed by atoms with Crippen LogP contribution in [0.4, 0.5) is 0 Å². The fourth-order valence-electron chi connectivity index (χ4n) is 1.86. The van der Waals surface area contributed by atoms with Crippen molar-refractivity contribution in [3.63, 3.8) is 0 Å². The van der Waals surface area contributed by atoms with Gasteiger partial charge in [0.1, 0.15) is 0 Å². The molecule has 6 heteroatoms. The Bertz CT molecular complexity index is 466. The summed E-state index contributed by atoms with van der Waals surface area (Å²) < 4.78 is 4.96. The molecule has 0 saturated carbocycles. The van der Waals surface area contributed by atoms with Gasteiger partial charge in [0.15, 0.2) is 5.76 Å². The largest absolute Gasteiger partial charge is 0.461 e. The average molecular weight is 250 g/mol. The summed E-state index contributed by atoms with van der Waals surface area (Å²) in [5, 5.41) is 0. The van der Waals surface area contributed by atoms with E-state index in [1.54, 1.807) is 6.07 Å². The van der Waals surface area contributed by atoms with Gasteiger partial charge in [0.05, 0.1) is 12.8 Å². The van der Waals surface area contributed by atoms with E-state index in [0.717, 1.165) is 0 Å². The lowest BCUT2D eigenvalue weighted by molar-refractivity contribution is -0.155. The maximum atomic E-state index is 11.8. The summed E-state index contributed by atoms with van der Waals surface area (Å²) in [5.41, 5.74) is 0. The lowest BCUT2D eigenvalue weighted by Crippen LogP contribution is -2.55. The number of hydrogen-bond donors (Lipinski definition) is 0. The molecule has 0 unspecified atom stereocenters. The number of hydrogen-bond acceptors (Lipinski definition) is 4. The van der Waals surface area contributed by atoms with E-state index in [1.807, 2.05) is 6.92 Å². The summed E-state index contributed by atoms with van der Waals surface area (Å²) in [6.45, 7) is 3.05. The summed E-state index contributed by atoms with van der Waals surface area (Å²) in [4.78, 5) is 37.9. The predicted octanol–water partition coefficient (Wildman–Crippen LogP) is 0.153. The van der Waals surface area contributed by atoms with Gasteiger partial charge >= 0.3 is 11.8 Å². The van der Waals surface area contributed by atoms with Crippen LogP contribution in [-0.4, -0.2) is 53.6 Å². The number of piperazine rings is 1. The summed E-state index contributed by atoms with van der Waals surface area (Å²) in [6.07, 6.45) is 1.40. The number of nitrogens with zero attached hydrogens (tertiary/aromatic N) is 2. The molecule has 0 aliphatic carbocycles. The van der Waals surface area contributed by atoms with E-state index in [2.05, 4.69) is 0 Å². The van der Waals surface area contributed by atoms with Gasteiger partial charge in [-0.1, -0.05) is 0 Å². The molecule has 1 aliphatic rings. The second kappa shape index (κ2) is 5.03. The van der Waals surface area contributed by atoms with Crippen molar-refractivity contribution in [2.24, 2.45) is 0 Å². The Hall–Kier alpha value is -2.11. The summed E-state index contributed by atoms with van der Waals surface area (Å²) >= 11 is 0. The van der Waals surface area contributed by atoms with Crippen molar-refractivity contribution >= 4 is 17.6 Å². The Kier molecular flexibility index (Phi) is 3.45. The molecule has 0 atom stereocenters. The second-order valence-corrected chi connectivity index (χ2v) is 4.01. The molecule has 0 spiro atoms. The lowest BCUT2D eigenvalue weighted by Gasteiger charge is -2.32. The molecule has 1 aromatic rings. The minimum atomic E-state index is -0.622. The first kappa shape index (κ1) is 12.3. The number of carbonyl (C=O) groups is 3. The van der Waals surface area contributed by atoms with Crippen LogP contribution in [0.5, 0.6) is 0 Å². The standard InChI is InChI=1S/C12H14N2O4/c1-2-13-5-6-14(12(17)11(13)16)8-9(15)10-4-3-7-18-10/h3-4,7H,2,5-6,8H2,1H3. The Labute approximate surface area is 104 Å². The molecule has 1 saturated heterocycles. The van der Waals surface area contributed by atoms with Gasteiger partial charge in [0.2, 0.25) is 5.78 Å². The van der Waals surface area contributed by atoms with Crippen LogP contribution in [0.1, 0.15) is 17.5 Å². The normalized spacial score (nSPS) is 16.3. The maximum absolute atomic E-state index is 11.8. The minimum Gasteiger partial charge on any atom is -0.461 e. The van der Waals surface area contributed by atoms with Crippen molar-refractivity contribution in [2.45, 2.75) is 6.92 Å². The van der Waals surface area contributed by atoms with Crippen LogP contribution in [0.25, 0.3) is 0 Å². The van der Waals surface area contributed by atoms with Crippen molar-refractivity contribution in [2.75, 3.05) is 26.2 Å². The third kappa shape index (κ3) is 2.27. The van der Waals surface area contributed by atoms with Gasteiger partial charge in [-0.3, -0.25) is 14.4 Å². The third-order valence-electron chi connectivity index (χ3n) is 2.91. The third-order valence-corrected chi connectivity index (χ3v) is 2.91. The van der Waals surface area contributed by atoms with Crippen LogP contribution in [0.3, 0.4) is 0 Å². The smallest absolute Gasteiger partial charge is 0.312 e. The fourth-order valence-corrected chi connectivity index (χ4v) is 1.86. The van der Waals surface area contributed by atoms with Gasteiger partial charge in [-0.15, -0.1) is 0 Å². The molecule has 6 nitrogen and oxygen atoms in total. The Morgan fingerprint density at radius 1 is 1.28 bits per heavy atom. The van der Waals surface area contributed by atoms with E-state index in [0.29, 0.717) is 19.6 Å². The second-order valence-electron chi connectivity index (χ2n) is 4.01. The van der Waals surface area contributed by atoms with E-state index < -0.39 is 11.8 Å². The first-order valence-corrected chi connectivity index (χ1v) is 5.78. The van der Waals surface area contributed by atoms with Crippen LogP contribution in [-0.2, 0) is 9.59 Å². The van der Waals surface area contributed by atoms with Gasteiger partial charge in [-0.05, 0) is 19.1 Å². The van der Waals surface area contributed by atoms with Crippen LogP contribution in [0, 0.1) is 0 Å². The molecule has 18 heavy (non-hydrogen) atoms. The highest BCUT2D eigenvalue weighted by Crippen LogP contribution is 2.08. The lowest BCUT2D eigenvalue weighted by atomic mass is 10.2. The quantitative estimate of drug-likeness (QED) is 0.563. The zero-order valence-electron chi connectivity index (χ0n) is 10.1. The highest BCUT2D eigenvalue weighted by atomic mass is 16.3. The number of ketones is 1. The Balaban J connectivity index is 2.01. The SMILES string of the molecule is CCN1CCN(CC(=O)c2ccco2)C(=O)C1=O. The summed E-state index contributed by atoms with van der Waals surface area (Å²) in [7, 11) is 0. The molecule has 0 aromatic carbocycles. The van der Waals surface area contributed by atoms with E-state index in [4.69, 9.17) is 4.42 Å². The minimum absolute atomic E-state index is 0.115. The highest BCUT2D eigenvalue weighted by Gasteiger charge is 2.32. The topological polar surface area (TPSA) is 70.8 Å². The van der Waals surface area contributed by atoms with E-state index in [-0.39, 0.29) is 18.1 Å². The van der Waals surface area contributed by atoms with Crippen molar-refractivity contribution in [3.05, 3.63) is 24.2 Å². The van der Waals surface area contributed by atoms with Gasteiger partial charge in [0.25, 0.3) is 0 Å². The predicted molar refractivity (Wildman–Crippen MR) is 61.9 cm³/mol. The first-order chi connectivity index (χ1) is 8.63. The van der Waals surface area contributed by atoms with E-state index in [1.165, 1.54) is 22.1 Å². The van der Waals surface area contributed by atoms with Gasteiger partial charge in [0, 0.05) is 19.6 Å². The molecule has 96 valence electrons. The van der Waals surface area contributed by atoms with E-state index in [9.17, 15) is 14.4 Å². The molecule has 0 bridgehead atoms. The molecule has 1 aromatic heterocycles. The van der Waals surface area contributed by atoms with Crippen LogP contribution >= 0.6 is 0 Å². The van der Waals surface area contributed by atoms with Crippen molar-refractivity contribution in [1.82, 2.24) is 9.80 Å². The number of likely N-dealkylation sites (N-methyl/N-ethyl adjacent to an activating group) is 1.